The highest BCUT2D eigenvalue weighted by Crippen LogP contribution is 2.24. The molecule has 0 spiro atoms. The third kappa shape index (κ3) is 3.58. The molecule has 2 aromatic heterocycles. The molecule has 0 aliphatic heterocycles. The van der Waals surface area contributed by atoms with Crippen LogP contribution in [0.5, 0.6) is 0 Å². The lowest BCUT2D eigenvalue weighted by Crippen LogP contribution is -2.24. The molecule has 0 fully saturated rings. The molecule has 1 aromatic carbocycles. The zero-order valence-corrected chi connectivity index (χ0v) is 13.2. The number of aromatic nitrogens is 1. The second-order valence-corrected chi connectivity index (χ2v) is 6.44. The number of benzene rings is 1. The van der Waals surface area contributed by atoms with Gasteiger partial charge in [-0.05, 0) is 23.6 Å². The van der Waals surface area contributed by atoms with E-state index in [-0.39, 0.29) is 11.7 Å². The molecule has 3 rings (SSSR count). The highest BCUT2D eigenvalue weighted by Gasteiger charge is 2.08. The number of hydrogen-bond donors (Lipinski definition) is 1. The van der Waals surface area contributed by atoms with Crippen molar-refractivity contribution in [1.82, 2.24) is 10.3 Å². The number of nitrogens with one attached hydrogen (secondary N) is 1. The van der Waals surface area contributed by atoms with Gasteiger partial charge in [0.2, 0.25) is 0 Å². The van der Waals surface area contributed by atoms with Crippen molar-refractivity contribution in [2.45, 2.75) is 6.42 Å². The van der Waals surface area contributed by atoms with Gasteiger partial charge in [-0.15, -0.1) is 22.7 Å². The number of carbonyl (C=O) groups is 1. The van der Waals surface area contributed by atoms with Crippen LogP contribution in [0, 0.1) is 5.82 Å². The zero-order valence-electron chi connectivity index (χ0n) is 11.6. The van der Waals surface area contributed by atoms with Gasteiger partial charge < -0.3 is 5.32 Å². The molecule has 2 heterocycles. The number of thiophene rings is 1. The Morgan fingerprint density at radius 3 is 2.91 bits per heavy atom. The monoisotopic (exact) mass is 332 g/mol. The Hall–Kier alpha value is -2.05. The molecule has 1 amide bonds. The lowest BCUT2D eigenvalue weighted by atomic mass is 10.2. The molecule has 0 aliphatic rings. The Morgan fingerprint density at radius 1 is 1.23 bits per heavy atom. The Labute approximate surface area is 135 Å². The van der Waals surface area contributed by atoms with E-state index in [1.54, 1.807) is 12.1 Å². The van der Waals surface area contributed by atoms with Crippen LogP contribution in [0.25, 0.3) is 10.6 Å². The summed E-state index contributed by atoms with van der Waals surface area (Å²) in [4.78, 5) is 17.0. The molecule has 6 heteroatoms. The first kappa shape index (κ1) is 14.9. The molecule has 0 atom stereocenters. The number of hydrogen-bond acceptors (Lipinski definition) is 4. The molecule has 0 aliphatic carbocycles. The average molecular weight is 332 g/mol. The summed E-state index contributed by atoms with van der Waals surface area (Å²) in [6, 6.07) is 10.0. The van der Waals surface area contributed by atoms with Crippen LogP contribution >= 0.6 is 22.7 Å². The minimum absolute atomic E-state index is 0.0596. The standard InChI is InChI=1S/C16H13FN2OS2/c17-12-4-1-3-11(9-12)16-19-13(10-22-16)6-7-18-15(20)14-5-2-8-21-14/h1-5,8-10H,6-7H2,(H,18,20). The number of carbonyl (C=O) groups excluding carboxylic acids is 1. The van der Waals surface area contributed by atoms with Gasteiger partial charge in [0.05, 0.1) is 10.6 Å². The van der Waals surface area contributed by atoms with Gasteiger partial charge in [0, 0.05) is 23.9 Å². The van der Waals surface area contributed by atoms with Crippen LogP contribution in [0.4, 0.5) is 4.39 Å². The summed E-state index contributed by atoms with van der Waals surface area (Å²) in [6.45, 7) is 0.531. The fraction of sp³-hybridized carbons (Fsp3) is 0.125. The van der Waals surface area contributed by atoms with Crippen LogP contribution in [0.15, 0.2) is 47.2 Å². The first-order valence-corrected chi connectivity index (χ1v) is 8.50. The van der Waals surface area contributed by atoms with Crippen LogP contribution in [-0.4, -0.2) is 17.4 Å². The minimum Gasteiger partial charge on any atom is -0.351 e. The lowest BCUT2D eigenvalue weighted by Gasteiger charge is -2.01. The number of thiazole rings is 1. The second kappa shape index (κ2) is 6.81. The summed E-state index contributed by atoms with van der Waals surface area (Å²) >= 11 is 2.90. The van der Waals surface area contributed by atoms with E-state index in [1.807, 2.05) is 22.9 Å². The van der Waals surface area contributed by atoms with Crippen molar-refractivity contribution in [3.63, 3.8) is 0 Å². The van der Waals surface area contributed by atoms with Gasteiger partial charge in [0.15, 0.2) is 0 Å². The first-order chi connectivity index (χ1) is 10.7. The van der Waals surface area contributed by atoms with Crippen molar-refractivity contribution < 1.29 is 9.18 Å². The second-order valence-electron chi connectivity index (χ2n) is 4.64. The Bertz CT molecular complexity index is 768. The van der Waals surface area contributed by atoms with E-state index in [1.165, 1.54) is 34.8 Å². The molecule has 0 saturated heterocycles. The summed E-state index contributed by atoms with van der Waals surface area (Å²) in [7, 11) is 0. The molecule has 22 heavy (non-hydrogen) atoms. The molecule has 0 unspecified atom stereocenters. The van der Waals surface area contributed by atoms with Crippen LogP contribution in [0.3, 0.4) is 0 Å². The van der Waals surface area contributed by atoms with E-state index in [4.69, 9.17) is 0 Å². The van der Waals surface area contributed by atoms with Crippen molar-refractivity contribution in [1.29, 1.82) is 0 Å². The van der Waals surface area contributed by atoms with Crippen LogP contribution in [-0.2, 0) is 6.42 Å². The van der Waals surface area contributed by atoms with Gasteiger partial charge in [-0.3, -0.25) is 4.79 Å². The van der Waals surface area contributed by atoms with E-state index in [9.17, 15) is 9.18 Å². The molecule has 1 N–H and O–H groups in total. The molecule has 112 valence electrons. The van der Waals surface area contributed by atoms with Crippen molar-refractivity contribution in [2.75, 3.05) is 6.54 Å². The van der Waals surface area contributed by atoms with E-state index < -0.39 is 0 Å². The van der Waals surface area contributed by atoms with Gasteiger partial charge >= 0.3 is 0 Å². The van der Waals surface area contributed by atoms with Crippen molar-refractivity contribution in [3.05, 3.63) is 63.5 Å². The van der Waals surface area contributed by atoms with Crippen LogP contribution in [0.2, 0.25) is 0 Å². The van der Waals surface area contributed by atoms with E-state index in [2.05, 4.69) is 10.3 Å². The number of nitrogens with zero attached hydrogens (tertiary/aromatic N) is 1. The fourth-order valence-corrected chi connectivity index (χ4v) is 3.47. The topological polar surface area (TPSA) is 42.0 Å². The quantitative estimate of drug-likeness (QED) is 0.768. The number of amides is 1. The summed E-state index contributed by atoms with van der Waals surface area (Å²) in [5.74, 6) is -0.326. The van der Waals surface area contributed by atoms with Gasteiger partial charge in [-0.2, -0.15) is 0 Å². The van der Waals surface area contributed by atoms with Gasteiger partial charge in [-0.25, -0.2) is 9.37 Å². The van der Waals surface area contributed by atoms with E-state index >= 15 is 0 Å². The predicted octanol–water partition coefficient (Wildman–Crippen LogP) is 3.98. The molecular weight excluding hydrogens is 319 g/mol. The largest absolute Gasteiger partial charge is 0.351 e. The zero-order chi connectivity index (χ0) is 15.4. The van der Waals surface area contributed by atoms with Gasteiger partial charge in [0.1, 0.15) is 10.8 Å². The smallest absolute Gasteiger partial charge is 0.261 e. The molecule has 0 bridgehead atoms. The molecular formula is C16H13FN2OS2. The highest BCUT2D eigenvalue weighted by molar-refractivity contribution is 7.13. The van der Waals surface area contributed by atoms with Crippen molar-refractivity contribution in [2.24, 2.45) is 0 Å². The SMILES string of the molecule is O=C(NCCc1csc(-c2cccc(F)c2)n1)c1cccs1. The number of halogens is 1. The third-order valence-corrected chi connectivity index (χ3v) is 4.84. The Morgan fingerprint density at radius 2 is 2.14 bits per heavy atom. The predicted molar refractivity (Wildman–Crippen MR) is 87.9 cm³/mol. The molecule has 0 radical (unpaired) electrons. The maximum atomic E-state index is 13.2. The summed E-state index contributed by atoms with van der Waals surface area (Å²) in [6.07, 6.45) is 0.656. The third-order valence-electron chi connectivity index (χ3n) is 3.03. The molecule has 3 aromatic rings. The summed E-state index contributed by atoms with van der Waals surface area (Å²) < 4.78 is 13.2. The average Bonchev–Trinajstić information content (AvgIpc) is 3.19. The summed E-state index contributed by atoms with van der Waals surface area (Å²) in [5, 5.41) is 7.48. The van der Waals surface area contributed by atoms with E-state index in [0.29, 0.717) is 17.8 Å². The Balaban J connectivity index is 1.57. The van der Waals surface area contributed by atoms with Gasteiger partial charge in [-0.1, -0.05) is 18.2 Å². The lowest BCUT2D eigenvalue weighted by molar-refractivity contribution is 0.0958. The van der Waals surface area contributed by atoms with Crippen molar-refractivity contribution in [3.8, 4) is 10.6 Å². The highest BCUT2D eigenvalue weighted by atomic mass is 32.1. The summed E-state index contributed by atoms with van der Waals surface area (Å²) in [5.41, 5.74) is 1.68. The van der Waals surface area contributed by atoms with Crippen molar-refractivity contribution >= 4 is 28.6 Å². The Kier molecular flexibility index (Phi) is 4.60. The normalized spacial score (nSPS) is 10.6. The number of rotatable bonds is 5. The first-order valence-electron chi connectivity index (χ1n) is 6.74. The maximum absolute atomic E-state index is 13.2. The fourth-order valence-electron chi connectivity index (χ4n) is 1.97. The van der Waals surface area contributed by atoms with Crippen LogP contribution in [0.1, 0.15) is 15.4 Å². The van der Waals surface area contributed by atoms with Crippen LogP contribution < -0.4 is 5.32 Å². The maximum Gasteiger partial charge on any atom is 0.261 e. The molecule has 3 nitrogen and oxygen atoms in total. The van der Waals surface area contributed by atoms with E-state index in [0.717, 1.165) is 16.3 Å². The minimum atomic E-state index is -0.266. The van der Waals surface area contributed by atoms with Gasteiger partial charge in [0.25, 0.3) is 5.91 Å². The molecule has 0 saturated carbocycles.